The molecule has 2 aliphatic rings. The van der Waals surface area contributed by atoms with Gasteiger partial charge >= 0.3 is 0 Å². The lowest BCUT2D eigenvalue weighted by Gasteiger charge is -2.34. The number of fused-ring (bicyclic) bond motifs is 1. The quantitative estimate of drug-likeness (QED) is 0.517. The van der Waals surface area contributed by atoms with Gasteiger partial charge in [0, 0.05) is 58.9 Å². The fourth-order valence-corrected chi connectivity index (χ4v) is 4.55. The van der Waals surface area contributed by atoms with Crippen LogP contribution in [0.3, 0.4) is 0 Å². The highest BCUT2D eigenvalue weighted by Crippen LogP contribution is 2.20. The van der Waals surface area contributed by atoms with Gasteiger partial charge in [0.15, 0.2) is 5.96 Å². The van der Waals surface area contributed by atoms with Crippen molar-refractivity contribution in [3.63, 3.8) is 0 Å². The van der Waals surface area contributed by atoms with Crippen LogP contribution in [-0.2, 0) is 30.8 Å². The summed E-state index contributed by atoms with van der Waals surface area (Å²) in [6, 6.07) is 18.0. The SMILES string of the molecule is CN=C(NCc1ccccc1CN1CCOCC1)NCC(C)N1CCc2ccccc2C1. The number of rotatable bonds is 7. The number of morpholine rings is 1. The molecule has 0 spiro atoms. The first-order valence-corrected chi connectivity index (χ1v) is 11.8. The molecule has 0 bridgehead atoms. The van der Waals surface area contributed by atoms with Crippen molar-refractivity contribution >= 4 is 5.96 Å². The van der Waals surface area contributed by atoms with Crippen molar-refractivity contribution in [1.82, 2.24) is 20.4 Å². The van der Waals surface area contributed by atoms with Crippen LogP contribution in [0.25, 0.3) is 0 Å². The third kappa shape index (κ3) is 6.09. The fourth-order valence-electron chi connectivity index (χ4n) is 4.55. The van der Waals surface area contributed by atoms with Crippen molar-refractivity contribution in [3.8, 4) is 0 Å². The van der Waals surface area contributed by atoms with Crippen LogP contribution in [0.2, 0.25) is 0 Å². The summed E-state index contributed by atoms with van der Waals surface area (Å²) in [6.45, 7) is 10.7. The Morgan fingerprint density at radius 2 is 1.69 bits per heavy atom. The van der Waals surface area contributed by atoms with Gasteiger partial charge in [0.25, 0.3) is 0 Å². The number of nitrogens with zero attached hydrogens (tertiary/aromatic N) is 3. The molecule has 0 aromatic heterocycles. The minimum atomic E-state index is 0.440. The van der Waals surface area contributed by atoms with Gasteiger partial charge in [-0.05, 0) is 35.6 Å². The maximum atomic E-state index is 5.49. The first-order chi connectivity index (χ1) is 15.7. The second-order valence-corrected chi connectivity index (χ2v) is 8.80. The van der Waals surface area contributed by atoms with Crippen molar-refractivity contribution in [2.45, 2.75) is 39.0 Å². The molecular weight excluding hydrogens is 398 g/mol. The average molecular weight is 436 g/mol. The molecule has 1 atom stereocenters. The predicted octanol–water partition coefficient (Wildman–Crippen LogP) is 2.63. The maximum Gasteiger partial charge on any atom is 0.191 e. The highest BCUT2D eigenvalue weighted by Gasteiger charge is 2.20. The molecule has 0 radical (unpaired) electrons. The number of nitrogens with one attached hydrogen (secondary N) is 2. The van der Waals surface area contributed by atoms with E-state index >= 15 is 0 Å². The zero-order valence-electron chi connectivity index (χ0n) is 19.5. The number of hydrogen-bond acceptors (Lipinski definition) is 4. The zero-order chi connectivity index (χ0) is 22.2. The van der Waals surface area contributed by atoms with Crippen LogP contribution in [0.1, 0.15) is 29.2 Å². The smallest absolute Gasteiger partial charge is 0.191 e. The topological polar surface area (TPSA) is 52.1 Å². The molecule has 6 heteroatoms. The summed E-state index contributed by atoms with van der Waals surface area (Å²) >= 11 is 0. The van der Waals surface area contributed by atoms with Crippen LogP contribution in [0.15, 0.2) is 53.5 Å². The highest BCUT2D eigenvalue weighted by atomic mass is 16.5. The van der Waals surface area contributed by atoms with E-state index in [1.54, 1.807) is 0 Å². The Morgan fingerprint density at radius 3 is 2.47 bits per heavy atom. The molecule has 2 heterocycles. The Bertz CT molecular complexity index is 893. The second kappa shape index (κ2) is 11.5. The van der Waals surface area contributed by atoms with E-state index in [2.05, 4.69) is 80.9 Å². The summed E-state index contributed by atoms with van der Waals surface area (Å²) in [4.78, 5) is 9.47. The Balaban J connectivity index is 1.26. The molecular formula is C26H37N5O. The molecule has 6 nitrogen and oxygen atoms in total. The van der Waals surface area contributed by atoms with Crippen LogP contribution in [-0.4, -0.2) is 68.2 Å². The third-order valence-electron chi connectivity index (χ3n) is 6.63. The first kappa shape index (κ1) is 22.8. The lowest BCUT2D eigenvalue weighted by Crippen LogP contribution is -2.47. The van der Waals surface area contributed by atoms with Crippen LogP contribution >= 0.6 is 0 Å². The summed E-state index contributed by atoms with van der Waals surface area (Å²) in [6.07, 6.45) is 1.13. The van der Waals surface area contributed by atoms with Crippen molar-refractivity contribution in [1.29, 1.82) is 0 Å². The van der Waals surface area contributed by atoms with Crippen LogP contribution < -0.4 is 10.6 Å². The summed E-state index contributed by atoms with van der Waals surface area (Å²) < 4.78 is 5.49. The molecule has 1 unspecified atom stereocenters. The normalized spacial score (nSPS) is 18.8. The van der Waals surface area contributed by atoms with Gasteiger partial charge in [-0.25, -0.2) is 0 Å². The van der Waals surface area contributed by atoms with E-state index in [4.69, 9.17) is 4.74 Å². The van der Waals surface area contributed by atoms with Gasteiger partial charge in [0.1, 0.15) is 0 Å². The largest absolute Gasteiger partial charge is 0.379 e. The molecule has 0 amide bonds. The molecule has 172 valence electrons. The van der Waals surface area contributed by atoms with Crippen molar-refractivity contribution in [2.24, 2.45) is 4.99 Å². The maximum absolute atomic E-state index is 5.49. The molecule has 1 saturated heterocycles. The van der Waals surface area contributed by atoms with Gasteiger partial charge in [-0.3, -0.25) is 14.8 Å². The predicted molar refractivity (Wildman–Crippen MR) is 131 cm³/mol. The van der Waals surface area contributed by atoms with E-state index in [1.807, 2.05) is 7.05 Å². The molecule has 1 fully saturated rings. The zero-order valence-corrected chi connectivity index (χ0v) is 19.5. The van der Waals surface area contributed by atoms with Crippen LogP contribution in [0, 0.1) is 0 Å². The lowest BCUT2D eigenvalue weighted by atomic mass is 9.99. The second-order valence-electron chi connectivity index (χ2n) is 8.80. The van der Waals surface area contributed by atoms with E-state index in [9.17, 15) is 0 Å². The van der Waals surface area contributed by atoms with E-state index in [0.717, 1.165) is 71.4 Å². The first-order valence-electron chi connectivity index (χ1n) is 11.8. The van der Waals surface area contributed by atoms with Crippen molar-refractivity contribution in [3.05, 3.63) is 70.8 Å². The van der Waals surface area contributed by atoms with Crippen LogP contribution in [0.5, 0.6) is 0 Å². The van der Waals surface area contributed by atoms with Crippen LogP contribution in [0.4, 0.5) is 0 Å². The minimum absolute atomic E-state index is 0.440. The number of benzene rings is 2. The van der Waals surface area contributed by atoms with Gasteiger partial charge in [-0.1, -0.05) is 48.5 Å². The molecule has 32 heavy (non-hydrogen) atoms. The van der Waals surface area contributed by atoms with E-state index in [1.165, 1.54) is 22.3 Å². The van der Waals surface area contributed by atoms with Crippen molar-refractivity contribution < 1.29 is 4.74 Å². The lowest BCUT2D eigenvalue weighted by molar-refractivity contribution is 0.0341. The Hall–Kier alpha value is -2.41. The average Bonchev–Trinajstić information content (AvgIpc) is 2.85. The Morgan fingerprint density at radius 1 is 0.969 bits per heavy atom. The standard InChI is InChI=1S/C26H37N5O/c1-21(31-12-11-22-7-3-5-10-25(22)20-31)17-28-26(27-2)29-18-23-8-4-6-9-24(23)19-30-13-15-32-16-14-30/h3-10,21H,11-20H2,1-2H3,(H2,27,28,29). The van der Waals surface area contributed by atoms with E-state index in [0.29, 0.717) is 6.04 Å². The molecule has 2 aromatic rings. The summed E-state index contributed by atoms with van der Waals surface area (Å²) in [5.41, 5.74) is 5.66. The van der Waals surface area contributed by atoms with Gasteiger partial charge < -0.3 is 15.4 Å². The van der Waals surface area contributed by atoms with E-state index < -0.39 is 0 Å². The number of hydrogen-bond donors (Lipinski definition) is 2. The van der Waals surface area contributed by atoms with Gasteiger partial charge in [0.05, 0.1) is 13.2 Å². The summed E-state index contributed by atoms with van der Waals surface area (Å²) in [7, 11) is 1.84. The Labute approximate surface area is 192 Å². The minimum Gasteiger partial charge on any atom is -0.379 e. The Kier molecular flexibility index (Phi) is 8.15. The third-order valence-corrected chi connectivity index (χ3v) is 6.63. The molecule has 0 aliphatic carbocycles. The highest BCUT2D eigenvalue weighted by molar-refractivity contribution is 5.79. The molecule has 4 rings (SSSR count). The van der Waals surface area contributed by atoms with E-state index in [-0.39, 0.29) is 0 Å². The molecule has 2 aliphatic heterocycles. The monoisotopic (exact) mass is 435 g/mol. The fraction of sp³-hybridized carbons (Fsp3) is 0.500. The number of ether oxygens (including phenoxy) is 1. The number of guanidine groups is 1. The number of aliphatic imine (C=N–C) groups is 1. The molecule has 2 aromatic carbocycles. The van der Waals surface area contributed by atoms with Crippen molar-refractivity contribution in [2.75, 3.05) is 46.4 Å². The van der Waals surface area contributed by atoms with Gasteiger partial charge in [0.2, 0.25) is 0 Å². The van der Waals surface area contributed by atoms with Gasteiger partial charge in [-0.2, -0.15) is 0 Å². The molecule has 2 N–H and O–H groups in total. The van der Waals surface area contributed by atoms with Gasteiger partial charge in [-0.15, -0.1) is 0 Å². The molecule has 0 saturated carbocycles. The summed E-state index contributed by atoms with van der Waals surface area (Å²) in [5, 5.41) is 7.05. The summed E-state index contributed by atoms with van der Waals surface area (Å²) in [5.74, 6) is 0.857.